The second-order valence-corrected chi connectivity index (χ2v) is 11.5. The summed E-state index contributed by atoms with van der Waals surface area (Å²) >= 11 is 0. The molecule has 3 rings (SSSR count). The lowest BCUT2D eigenvalue weighted by atomic mass is 10.1. The summed E-state index contributed by atoms with van der Waals surface area (Å²) in [6, 6.07) is 6.02. The third kappa shape index (κ3) is 7.45. The van der Waals surface area contributed by atoms with E-state index < -0.39 is 33.6 Å². The van der Waals surface area contributed by atoms with Gasteiger partial charge in [0.15, 0.2) is 15.5 Å². The number of aromatic nitrogens is 2. The van der Waals surface area contributed by atoms with Crippen LogP contribution in [0.2, 0.25) is 0 Å². The van der Waals surface area contributed by atoms with Gasteiger partial charge in [0.05, 0.1) is 48.3 Å². The lowest BCUT2D eigenvalue weighted by molar-refractivity contribution is 0.0498. The number of amides is 1. The summed E-state index contributed by atoms with van der Waals surface area (Å²) in [7, 11) is -1.76. The number of ether oxygens (including phenoxy) is 2. The molecule has 11 nitrogen and oxygen atoms in total. The van der Waals surface area contributed by atoms with Gasteiger partial charge >= 0.3 is 6.09 Å². The van der Waals surface area contributed by atoms with E-state index in [9.17, 15) is 18.5 Å². The van der Waals surface area contributed by atoms with Crippen molar-refractivity contribution in [2.45, 2.75) is 51.8 Å². The topological polar surface area (TPSA) is 155 Å². The summed E-state index contributed by atoms with van der Waals surface area (Å²) in [5.41, 5.74) is 1.03. The monoisotopic (exact) mass is 502 g/mol. The second-order valence-electron chi connectivity index (χ2n) is 9.30. The second kappa shape index (κ2) is 10.4. The Balaban J connectivity index is 1.84. The number of sulfone groups is 1. The minimum atomic E-state index is -3.31. The van der Waals surface area contributed by atoms with Crippen molar-refractivity contribution in [2.24, 2.45) is 0 Å². The first-order valence-corrected chi connectivity index (χ1v) is 12.9. The number of aryl methyl sites for hydroxylation is 1. The maximum Gasteiger partial charge on any atom is 0.407 e. The molecule has 1 aliphatic rings. The van der Waals surface area contributed by atoms with Crippen molar-refractivity contribution in [3.63, 3.8) is 0 Å². The van der Waals surface area contributed by atoms with E-state index in [1.54, 1.807) is 46.1 Å². The Morgan fingerprint density at radius 1 is 1.23 bits per heavy atom. The van der Waals surface area contributed by atoms with Gasteiger partial charge in [0, 0.05) is 17.8 Å². The van der Waals surface area contributed by atoms with Gasteiger partial charge in [-0.25, -0.2) is 23.2 Å². The zero-order valence-corrected chi connectivity index (χ0v) is 21.2. The molecule has 0 unspecified atom stereocenters. The van der Waals surface area contributed by atoms with Crippen molar-refractivity contribution in [3.05, 3.63) is 35.8 Å². The number of hydrogen-bond donors (Lipinski definition) is 3. The molecular weight excluding hydrogens is 472 g/mol. The van der Waals surface area contributed by atoms with E-state index in [0.717, 1.165) is 5.69 Å². The Bertz CT molecular complexity index is 1240. The Morgan fingerprint density at radius 2 is 1.97 bits per heavy atom. The van der Waals surface area contributed by atoms with Crippen LogP contribution in [0.25, 0.3) is 0 Å². The van der Waals surface area contributed by atoms with E-state index in [1.165, 1.54) is 6.20 Å². The van der Waals surface area contributed by atoms with Crippen molar-refractivity contribution in [1.82, 2.24) is 15.3 Å². The fraction of sp³-hybridized carbons (Fsp3) is 0.478. The average Bonchev–Trinajstić information content (AvgIpc) is 2.74. The maximum atomic E-state index is 12.3. The van der Waals surface area contributed by atoms with Gasteiger partial charge in [0.25, 0.3) is 0 Å². The number of rotatable bonds is 6. The van der Waals surface area contributed by atoms with Gasteiger partial charge in [0.2, 0.25) is 0 Å². The van der Waals surface area contributed by atoms with Crippen molar-refractivity contribution in [1.29, 1.82) is 5.26 Å². The molecule has 0 saturated carbocycles. The highest BCUT2D eigenvalue weighted by atomic mass is 32.2. The minimum absolute atomic E-state index is 0.0368. The van der Waals surface area contributed by atoms with Gasteiger partial charge in [-0.1, -0.05) is 0 Å². The van der Waals surface area contributed by atoms with E-state index in [4.69, 9.17) is 9.47 Å². The maximum absolute atomic E-state index is 12.3. The van der Waals surface area contributed by atoms with Crippen molar-refractivity contribution >= 4 is 33.1 Å². The fourth-order valence-electron chi connectivity index (χ4n) is 3.65. The van der Waals surface area contributed by atoms with Crippen LogP contribution in [0.15, 0.2) is 24.4 Å². The van der Waals surface area contributed by atoms with Crippen LogP contribution in [0.1, 0.15) is 38.6 Å². The Morgan fingerprint density at radius 3 is 2.63 bits per heavy atom. The Labute approximate surface area is 205 Å². The summed E-state index contributed by atoms with van der Waals surface area (Å²) < 4.78 is 35.3. The van der Waals surface area contributed by atoms with E-state index in [0.29, 0.717) is 22.9 Å². The first kappa shape index (κ1) is 26.0. The van der Waals surface area contributed by atoms with Crippen LogP contribution >= 0.6 is 0 Å². The van der Waals surface area contributed by atoms with Crippen molar-refractivity contribution in [3.8, 4) is 11.8 Å². The molecular formula is C23H30N6O5S. The van der Waals surface area contributed by atoms with Crippen molar-refractivity contribution < 1.29 is 22.7 Å². The van der Waals surface area contributed by atoms with Gasteiger partial charge in [-0.15, -0.1) is 0 Å². The van der Waals surface area contributed by atoms with Gasteiger partial charge in [-0.3, -0.25) is 0 Å². The number of carbonyl (C=O) groups is 1. The molecule has 2 aromatic heterocycles. The molecule has 3 heterocycles. The van der Waals surface area contributed by atoms with Crippen LogP contribution < -0.4 is 20.7 Å². The first-order valence-electron chi connectivity index (χ1n) is 11.0. The third-order valence-corrected chi connectivity index (χ3v) is 6.86. The number of alkyl carbamates (subject to hydrolysis) is 1. The average molecular weight is 503 g/mol. The van der Waals surface area contributed by atoms with E-state index in [2.05, 4.69) is 25.9 Å². The zero-order chi connectivity index (χ0) is 25.8. The minimum Gasteiger partial charge on any atom is -0.497 e. The summed E-state index contributed by atoms with van der Waals surface area (Å²) in [5.74, 6) is 0.851. The van der Waals surface area contributed by atoms with Crippen molar-refractivity contribution in [2.75, 3.05) is 29.2 Å². The third-order valence-electron chi connectivity index (χ3n) is 5.13. The van der Waals surface area contributed by atoms with Crippen LogP contribution in [-0.2, 0) is 14.6 Å². The predicted octanol–water partition coefficient (Wildman–Crippen LogP) is 2.90. The number of carbonyl (C=O) groups excluding carboxylic acids is 1. The largest absolute Gasteiger partial charge is 0.497 e. The molecule has 1 fully saturated rings. The summed E-state index contributed by atoms with van der Waals surface area (Å²) in [6.45, 7) is 7.08. The summed E-state index contributed by atoms with van der Waals surface area (Å²) in [4.78, 5) is 20.9. The standard InChI is InChI=1S/C23H30N6O5S/c1-14-8-16(33-5)10-21(26-14)28-18-9-15(12-25-19(18)11-24)27-20-13-35(31,32)7-6-17(20)29-22(30)34-23(2,3)4/h8-10,12,17,20,27H,6-7,13H2,1-5H3,(H,26,28)(H,29,30)/t17-,20+/m0/s1. The molecule has 2 aromatic rings. The lowest BCUT2D eigenvalue weighted by Gasteiger charge is -2.33. The molecule has 1 saturated heterocycles. The highest BCUT2D eigenvalue weighted by Gasteiger charge is 2.35. The van der Waals surface area contributed by atoms with E-state index in [-0.39, 0.29) is 23.6 Å². The molecule has 35 heavy (non-hydrogen) atoms. The number of nitrogens with zero attached hydrogens (tertiary/aromatic N) is 3. The molecule has 0 radical (unpaired) electrons. The van der Waals surface area contributed by atoms with Gasteiger partial charge < -0.3 is 25.4 Å². The van der Waals surface area contributed by atoms with Crippen LogP contribution in [0.4, 0.5) is 22.0 Å². The summed E-state index contributed by atoms with van der Waals surface area (Å²) in [6.07, 6.45) is 1.06. The van der Waals surface area contributed by atoms with E-state index >= 15 is 0 Å². The number of anilines is 3. The smallest absolute Gasteiger partial charge is 0.407 e. The van der Waals surface area contributed by atoms with Gasteiger partial charge in [0.1, 0.15) is 23.2 Å². The predicted molar refractivity (Wildman–Crippen MR) is 132 cm³/mol. The first-order chi connectivity index (χ1) is 16.4. The Hall–Kier alpha value is -3.59. The van der Waals surface area contributed by atoms with Crippen LogP contribution in [0.3, 0.4) is 0 Å². The SMILES string of the molecule is COc1cc(C)nc(Nc2cc(N[C@@H]3CS(=O)(=O)CC[C@@H]3NC(=O)OC(C)(C)C)cnc2C#N)c1. The normalized spacial score (nSPS) is 19.2. The Kier molecular flexibility index (Phi) is 7.70. The number of pyridine rings is 2. The molecule has 0 aromatic carbocycles. The molecule has 0 bridgehead atoms. The number of nitriles is 1. The number of methoxy groups -OCH3 is 1. The molecule has 0 spiro atoms. The van der Waals surface area contributed by atoms with E-state index in [1.807, 2.05) is 13.0 Å². The molecule has 1 amide bonds. The highest BCUT2D eigenvalue weighted by Crippen LogP contribution is 2.26. The fourth-order valence-corrected chi connectivity index (χ4v) is 5.30. The highest BCUT2D eigenvalue weighted by molar-refractivity contribution is 7.91. The summed E-state index contributed by atoms with van der Waals surface area (Å²) in [5, 5.41) is 18.5. The molecule has 188 valence electrons. The van der Waals surface area contributed by atoms with Gasteiger partial charge in [-0.2, -0.15) is 5.26 Å². The van der Waals surface area contributed by atoms with Gasteiger partial charge in [-0.05, 0) is 40.2 Å². The zero-order valence-electron chi connectivity index (χ0n) is 20.4. The van der Waals surface area contributed by atoms with Crippen LogP contribution in [-0.4, -0.2) is 60.8 Å². The number of hydrogen-bond acceptors (Lipinski definition) is 10. The van der Waals surface area contributed by atoms with Crippen LogP contribution in [0, 0.1) is 18.3 Å². The quantitative estimate of drug-likeness (QED) is 0.537. The molecule has 12 heteroatoms. The molecule has 3 N–H and O–H groups in total. The molecule has 1 aliphatic heterocycles. The number of nitrogens with one attached hydrogen (secondary N) is 3. The molecule has 0 aliphatic carbocycles. The lowest BCUT2D eigenvalue weighted by Crippen LogP contribution is -2.54. The van der Waals surface area contributed by atoms with Crippen LogP contribution in [0.5, 0.6) is 5.75 Å². The molecule has 2 atom stereocenters.